The van der Waals surface area contributed by atoms with Crippen molar-refractivity contribution in [3.8, 4) is 0 Å². The summed E-state index contributed by atoms with van der Waals surface area (Å²) in [5, 5.41) is 2.33. The normalized spacial score (nSPS) is 12.7. The molecule has 1 heteroatoms. The van der Waals surface area contributed by atoms with Crippen LogP contribution in [0.2, 0.25) is 0 Å². The number of rotatable bonds is 1. The van der Waals surface area contributed by atoms with Gasteiger partial charge >= 0.3 is 0 Å². The number of carbonyl (C=O) groups is 1. The van der Waals surface area contributed by atoms with Crippen molar-refractivity contribution in [3.63, 3.8) is 0 Å². The number of fused-ring (bicyclic) bond motifs is 1. The Hall–Kier alpha value is -1.63. The molecule has 2 aromatic rings. The van der Waals surface area contributed by atoms with E-state index >= 15 is 0 Å². The molecule has 0 aliphatic rings. The third kappa shape index (κ3) is 2.92. The Balaban J connectivity index is 2.50. The van der Waals surface area contributed by atoms with Crippen LogP contribution in [0.25, 0.3) is 10.8 Å². The minimum Gasteiger partial charge on any atom is -0.294 e. The fourth-order valence-corrected chi connectivity index (χ4v) is 2.29. The third-order valence-electron chi connectivity index (χ3n) is 3.65. The largest absolute Gasteiger partial charge is 0.294 e. The summed E-state index contributed by atoms with van der Waals surface area (Å²) in [6.07, 6.45) is 0. The van der Waals surface area contributed by atoms with Crippen LogP contribution in [0.15, 0.2) is 36.4 Å². The molecule has 0 aliphatic carbocycles. The molecular formula is C19H24O. The van der Waals surface area contributed by atoms with Gasteiger partial charge in [0.05, 0.1) is 0 Å². The van der Waals surface area contributed by atoms with Gasteiger partial charge in [-0.05, 0) is 27.8 Å². The summed E-state index contributed by atoms with van der Waals surface area (Å²) in [5.41, 5.74) is 1.93. The van der Waals surface area contributed by atoms with E-state index in [2.05, 4.69) is 45.0 Å². The van der Waals surface area contributed by atoms with Crippen LogP contribution in [0.4, 0.5) is 0 Å². The van der Waals surface area contributed by atoms with Crippen molar-refractivity contribution in [3.05, 3.63) is 47.5 Å². The molecule has 0 fully saturated rings. The van der Waals surface area contributed by atoms with Crippen molar-refractivity contribution in [2.24, 2.45) is 5.41 Å². The maximum atomic E-state index is 12.3. The number of carbonyl (C=O) groups excluding carboxylic acids is 1. The maximum absolute atomic E-state index is 12.3. The molecule has 2 rings (SSSR count). The Morgan fingerprint density at radius 3 is 1.90 bits per heavy atom. The molecule has 0 aliphatic heterocycles. The first-order valence-corrected chi connectivity index (χ1v) is 7.18. The highest BCUT2D eigenvalue weighted by molar-refractivity contribution is 6.02. The van der Waals surface area contributed by atoms with Gasteiger partial charge in [-0.15, -0.1) is 0 Å². The molecule has 0 saturated carbocycles. The molecule has 1 nitrogen and oxygen atoms in total. The Morgan fingerprint density at radius 1 is 0.800 bits per heavy atom. The zero-order chi connectivity index (χ0) is 15.1. The average Bonchev–Trinajstić information content (AvgIpc) is 2.34. The monoisotopic (exact) mass is 268 g/mol. The van der Waals surface area contributed by atoms with Gasteiger partial charge in [0, 0.05) is 11.0 Å². The summed E-state index contributed by atoms with van der Waals surface area (Å²) in [5.74, 6) is 0.194. The molecule has 0 unspecified atom stereocenters. The molecule has 0 amide bonds. The van der Waals surface area contributed by atoms with Crippen molar-refractivity contribution in [2.75, 3.05) is 0 Å². The number of ketones is 1. The number of hydrogen-bond acceptors (Lipinski definition) is 1. The molecule has 0 aromatic heterocycles. The summed E-state index contributed by atoms with van der Waals surface area (Å²) in [6, 6.07) is 12.5. The van der Waals surface area contributed by atoms with E-state index in [9.17, 15) is 4.79 Å². The summed E-state index contributed by atoms with van der Waals surface area (Å²) in [6.45, 7) is 12.5. The lowest BCUT2D eigenvalue weighted by Gasteiger charge is -2.20. The van der Waals surface area contributed by atoms with Gasteiger partial charge in [0.1, 0.15) is 0 Å². The van der Waals surface area contributed by atoms with Gasteiger partial charge in [-0.1, -0.05) is 71.9 Å². The molecule has 0 spiro atoms. The van der Waals surface area contributed by atoms with Crippen LogP contribution in [0.5, 0.6) is 0 Å². The van der Waals surface area contributed by atoms with E-state index in [1.54, 1.807) is 0 Å². The number of Topliss-reactive ketones (excluding diaryl/α,β-unsaturated/α-hetero) is 1. The Morgan fingerprint density at radius 2 is 1.35 bits per heavy atom. The molecule has 20 heavy (non-hydrogen) atoms. The van der Waals surface area contributed by atoms with E-state index in [1.807, 2.05) is 32.9 Å². The predicted octanol–water partition coefficient (Wildman–Crippen LogP) is 5.37. The molecule has 0 saturated heterocycles. The van der Waals surface area contributed by atoms with Gasteiger partial charge in [0.15, 0.2) is 5.78 Å². The lowest BCUT2D eigenvalue weighted by molar-refractivity contribution is 0.0858. The second-order valence-electron chi connectivity index (χ2n) is 7.61. The second-order valence-corrected chi connectivity index (χ2v) is 7.61. The van der Waals surface area contributed by atoms with E-state index in [0.717, 1.165) is 10.9 Å². The Kier molecular flexibility index (Phi) is 3.49. The fraction of sp³-hybridized carbons (Fsp3) is 0.421. The second kappa shape index (κ2) is 4.73. The molecule has 0 atom stereocenters. The minimum absolute atomic E-state index is 0.147. The van der Waals surface area contributed by atoms with Gasteiger partial charge in [-0.2, -0.15) is 0 Å². The molecule has 0 bridgehead atoms. The van der Waals surface area contributed by atoms with Crippen LogP contribution in [0.3, 0.4) is 0 Å². The predicted molar refractivity (Wildman–Crippen MR) is 86.4 cm³/mol. The van der Waals surface area contributed by atoms with E-state index in [0.29, 0.717) is 0 Å². The standard InChI is InChI=1S/C19H24O/c1-18(2,3)16-10-9-13-11-15(8-7-14(13)12-16)17(20)19(4,5)6/h7-12H,1-6H3. The summed E-state index contributed by atoms with van der Waals surface area (Å²) < 4.78 is 0. The quantitative estimate of drug-likeness (QED) is 0.636. The first-order chi connectivity index (χ1) is 9.09. The molecular weight excluding hydrogens is 244 g/mol. The summed E-state index contributed by atoms with van der Waals surface area (Å²) >= 11 is 0. The molecule has 0 heterocycles. The Bertz CT molecular complexity index is 652. The van der Waals surface area contributed by atoms with Crippen LogP contribution in [-0.2, 0) is 5.41 Å². The van der Waals surface area contributed by atoms with Crippen LogP contribution in [0, 0.1) is 5.41 Å². The fourth-order valence-electron chi connectivity index (χ4n) is 2.29. The van der Waals surface area contributed by atoms with Gasteiger partial charge in [-0.25, -0.2) is 0 Å². The number of hydrogen-bond donors (Lipinski definition) is 0. The first-order valence-electron chi connectivity index (χ1n) is 7.18. The van der Waals surface area contributed by atoms with Crippen molar-refractivity contribution >= 4 is 16.6 Å². The topological polar surface area (TPSA) is 17.1 Å². The van der Waals surface area contributed by atoms with Crippen molar-refractivity contribution in [1.82, 2.24) is 0 Å². The van der Waals surface area contributed by atoms with Crippen LogP contribution >= 0.6 is 0 Å². The third-order valence-corrected chi connectivity index (χ3v) is 3.65. The van der Waals surface area contributed by atoms with E-state index in [1.165, 1.54) is 10.9 Å². The van der Waals surface area contributed by atoms with Crippen molar-refractivity contribution < 1.29 is 4.79 Å². The molecule has 0 radical (unpaired) electrons. The van der Waals surface area contributed by atoms with Gasteiger partial charge < -0.3 is 0 Å². The summed E-state index contributed by atoms with van der Waals surface area (Å²) in [7, 11) is 0. The van der Waals surface area contributed by atoms with Gasteiger partial charge in [0.25, 0.3) is 0 Å². The highest BCUT2D eigenvalue weighted by atomic mass is 16.1. The zero-order valence-electron chi connectivity index (χ0n) is 13.4. The minimum atomic E-state index is -0.334. The number of benzene rings is 2. The van der Waals surface area contributed by atoms with Crippen molar-refractivity contribution in [2.45, 2.75) is 47.0 Å². The lowest BCUT2D eigenvalue weighted by atomic mass is 9.84. The maximum Gasteiger partial charge on any atom is 0.168 e. The average molecular weight is 268 g/mol. The zero-order valence-corrected chi connectivity index (χ0v) is 13.4. The smallest absolute Gasteiger partial charge is 0.168 e. The van der Waals surface area contributed by atoms with E-state index in [-0.39, 0.29) is 16.6 Å². The van der Waals surface area contributed by atoms with Gasteiger partial charge in [-0.3, -0.25) is 4.79 Å². The van der Waals surface area contributed by atoms with Crippen LogP contribution in [0.1, 0.15) is 57.5 Å². The summed E-state index contributed by atoms with van der Waals surface area (Å²) in [4.78, 5) is 12.3. The van der Waals surface area contributed by atoms with E-state index < -0.39 is 0 Å². The lowest BCUT2D eigenvalue weighted by Crippen LogP contribution is -2.20. The highest BCUT2D eigenvalue weighted by Crippen LogP contribution is 2.28. The van der Waals surface area contributed by atoms with Crippen LogP contribution < -0.4 is 0 Å². The SMILES string of the molecule is CC(C)(C)C(=O)c1ccc2cc(C(C)(C)C)ccc2c1. The highest BCUT2D eigenvalue weighted by Gasteiger charge is 2.23. The Labute approximate surface area is 122 Å². The molecule has 2 aromatic carbocycles. The molecule has 106 valence electrons. The van der Waals surface area contributed by atoms with Gasteiger partial charge in [0.2, 0.25) is 0 Å². The molecule has 0 N–H and O–H groups in total. The first kappa shape index (κ1) is 14.8. The van der Waals surface area contributed by atoms with E-state index in [4.69, 9.17) is 0 Å². The van der Waals surface area contributed by atoms with Crippen molar-refractivity contribution in [1.29, 1.82) is 0 Å². The van der Waals surface area contributed by atoms with Crippen LogP contribution in [-0.4, -0.2) is 5.78 Å².